The van der Waals surface area contributed by atoms with Crippen molar-refractivity contribution in [3.8, 4) is 5.75 Å². The van der Waals surface area contributed by atoms with Crippen LogP contribution in [-0.2, 0) is 65.5 Å². The third-order valence-electron chi connectivity index (χ3n) is 16.9. The molecule has 558 valence electrons. The number of amides is 10. The number of primary amides is 1. The minimum atomic E-state index is -1.98. The second-order valence-corrected chi connectivity index (χ2v) is 27.2. The fourth-order valence-corrected chi connectivity index (χ4v) is 12.9. The van der Waals surface area contributed by atoms with Gasteiger partial charge in [0.15, 0.2) is 12.5 Å². The molecule has 1 aromatic heterocycles. The van der Waals surface area contributed by atoms with Gasteiger partial charge in [0.2, 0.25) is 59.1 Å². The van der Waals surface area contributed by atoms with Crippen LogP contribution in [0.15, 0.2) is 85.1 Å². The maximum atomic E-state index is 15.3. The Morgan fingerprint density at radius 3 is 1.65 bits per heavy atom. The summed E-state index contributed by atoms with van der Waals surface area (Å²) in [7, 11) is 0. The summed E-state index contributed by atoms with van der Waals surface area (Å²) in [6.45, 7) is 6.14. The second-order valence-electron chi connectivity index (χ2n) is 25.1. The van der Waals surface area contributed by atoms with Crippen LogP contribution in [0.3, 0.4) is 0 Å². The van der Waals surface area contributed by atoms with Gasteiger partial charge in [-0.15, -0.1) is 23.5 Å². The third-order valence-corrected chi connectivity index (χ3v) is 18.7. The van der Waals surface area contributed by atoms with Crippen LogP contribution in [0.4, 0.5) is 0 Å². The highest BCUT2D eigenvalue weighted by Crippen LogP contribution is 2.24. The van der Waals surface area contributed by atoms with E-state index in [0.29, 0.717) is 41.3 Å². The lowest BCUT2D eigenvalue weighted by atomic mass is 9.99. The maximum absolute atomic E-state index is 15.3. The van der Waals surface area contributed by atoms with Crippen LogP contribution < -0.4 is 64.6 Å². The average molecular weight is 1450 g/mol. The molecule has 0 radical (unpaired) electrons. The van der Waals surface area contributed by atoms with Gasteiger partial charge in [0.25, 0.3) is 0 Å². The quantitative estimate of drug-likeness (QED) is 0.0206. The number of thioether (sulfide) groups is 2. The van der Waals surface area contributed by atoms with Crippen molar-refractivity contribution in [2.75, 3.05) is 29.8 Å². The Morgan fingerprint density at radius 2 is 1.07 bits per heavy atom. The number of phenols is 1. The standard InChI is InChI=1S/C69H103N13O17S2/c1-5-6-7-8-9-10-11-12-13-17-26-49(62(92)82-68-58(88)57(87)59(89)69(98)99-68)75-51(33-43-22-15-14-16-23-43)63(93)79-54(37-101-39-74-42(4)85)66(96)81-56(44-28-30-46(86)31-29-44)67(97)77-52(34-45-35-72-48-25-19-18-24-47(45)48)64(94)76-50(27-20-21-32-70)61(91)78-53(36-100-38-73-41(3)84)65(95)80-55(40(2)83)60(71)90/h14-16,18-19,22-25,28-31,35,40,49-59,68-69,72,75,83,86-89,98H,5-13,17,20-21,26-27,32-34,36-39,70H2,1-4H3,(H2,71,90)(H,73,84)(H,74,85)(H,76,94)(H,77,97)(H,78,91)(H,79,93)(H,80,95)(H,81,96)(H,82,92)/t40-,49?,50+,51-,52+,53+,54+,55+,56?,57?,58?,59?,68?,69?/m1/s1. The first kappa shape index (κ1) is 83.7. The lowest BCUT2D eigenvalue weighted by molar-refractivity contribution is -0.286. The number of hydrogen-bond donors (Lipinski definition) is 19. The number of aromatic hydroxyl groups is 1. The van der Waals surface area contributed by atoms with Gasteiger partial charge in [0.1, 0.15) is 60.3 Å². The number of rotatable bonds is 46. The first-order valence-electron chi connectivity index (χ1n) is 34.3. The van der Waals surface area contributed by atoms with E-state index >= 15 is 19.2 Å². The average Bonchev–Trinajstić information content (AvgIpc) is 1.79. The number of hydrogen-bond acceptors (Lipinski definition) is 21. The summed E-state index contributed by atoms with van der Waals surface area (Å²) < 4.78 is 5.32. The van der Waals surface area contributed by atoms with Gasteiger partial charge < -0.3 is 99.7 Å². The van der Waals surface area contributed by atoms with Gasteiger partial charge in [-0.1, -0.05) is 132 Å². The molecule has 3 aromatic carbocycles. The predicted octanol–water partition coefficient (Wildman–Crippen LogP) is 0.100. The van der Waals surface area contributed by atoms with Gasteiger partial charge in [0.05, 0.1) is 29.9 Å². The van der Waals surface area contributed by atoms with Crippen LogP contribution >= 0.6 is 23.5 Å². The molecule has 4 aromatic rings. The summed E-state index contributed by atoms with van der Waals surface area (Å²) >= 11 is 2.07. The van der Waals surface area contributed by atoms with Crippen molar-refractivity contribution < 1.29 is 83.3 Å². The van der Waals surface area contributed by atoms with Crippen molar-refractivity contribution in [2.45, 2.75) is 216 Å². The summed E-state index contributed by atoms with van der Waals surface area (Å²) in [5.41, 5.74) is 13.2. The van der Waals surface area contributed by atoms with Gasteiger partial charge in [-0.25, -0.2) is 0 Å². The first-order valence-corrected chi connectivity index (χ1v) is 36.6. The van der Waals surface area contributed by atoms with Crippen LogP contribution in [-0.4, -0.2) is 204 Å². The molecular formula is C69H103N13O17S2. The van der Waals surface area contributed by atoms with E-state index in [0.717, 1.165) is 62.0 Å². The Bertz CT molecular complexity index is 3280. The summed E-state index contributed by atoms with van der Waals surface area (Å²) in [4.78, 5) is 143. The van der Waals surface area contributed by atoms with Crippen LogP contribution in [0.25, 0.3) is 10.9 Å². The van der Waals surface area contributed by atoms with E-state index in [1.165, 1.54) is 57.9 Å². The number of benzene rings is 3. The molecule has 0 saturated carbocycles. The normalized spacial score (nSPS) is 18.5. The fourth-order valence-electron chi connectivity index (χ4n) is 11.1. The summed E-state index contributed by atoms with van der Waals surface area (Å²) in [6, 6.07) is 9.28. The molecule has 1 aliphatic heterocycles. The number of aromatic amines is 1. The number of fused-ring (bicyclic) bond motifs is 1. The number of H-pyrrole nitrogens is 1. The molecule has 0 spiro atoms. The molecule has 5 rings (SSSR count). The van der Waals surface area contributed by atoms with Crippen LogP contribution in [0.2, 0.25) is 0 Å². The van der Waals surface area contributed by atoms with Gasteiger partial charge >= 0.3 is 0 Å². The molecule has 1 aliphatic rings. The number of ether oxygens (including phenoxy) is 1. The Morgan fingerprint density at radius 1 is 0.554 bits per heavy atom. The number of aliphatic hydroxyl groups is 5. The highest BCUT2D eigenvalue weighted by molar-refractivity contribution is 7.99. The zero-order valence-corrected chi connectivity index (χ0v) is 59.3. The minimum Gasteiger partial charge on any atom is -0.508 e. The van der Waals surface area contributed by atoms with E-state index in [2.05, 4.69) is 65.1 Å². The highest BCUT2D eigenvalue weighted by atomic mass is 32.2. The molecule has 1 fully saturated rings. The number of carbonyl (C=O) groups excluding carboxylic acids is 10. The highest BCUT2D eigenvalue weighted by Gasteiger charge is 2.45. The van der Waals surface area contributed by atoms with Crippen molar-refractivity contribution in [3.63, 3.8) is 0 Å². The van der Waals surface area contributed by atoms with Crippen LogP contribution in [0, 0.1) is 0 Å². The monoisotopic (exact) mass is 1450 g/mol. The van der Waals surface area contributed by atoms with Crippen molar-refractivity contribution in [2.24, 2.45) is 11.5 Å². The Labute approximate surface area is 596 Å². The van der Waals surface area contributed by atoms with Crippen molar-refractivity contribution >= 4 is 93.5 Å². The SMILES string of the molecule is CCCCCCCCCCCCC(N[C@H](Cc1ccccc1)C(=O)N[C@@H](CSCNC(C)=O)C(=O)NC(C(=O)N[C@@H](Cc1c[nH]c2ccccc12)C(=O)N[C@@H](CCCCN)C(=O)N[C@@H](CSCNC(C)=O)C(=O)N[C@H](C(N)=O)[C@@H](C)O)c1ccc(O)cc1)C(=O)NC1OC(O)C(O)C(O)C1O. The van der Waals surface area contributed by atoms with E-state index in [9.17, 15) is 59.4 Å². The molecule has 2 heterocycles. The Kier molecular flexibility index (Phi) is 36.9. The number of phenolic OH excluding ortho intramolecular Hbond substituents is 1. The van der Waals surface area contributed by atoms with E-state index in [-0.39, 0.29) is 79.1 Å². The van der Waals surface area contributed by atoms with Crippen LogP contribution in [0.1, 0.15) is 140 Å². The van der Waals surface area contributed by atoms with Crippen LogP contribution in [0.5, 0.6) is 5.75 Å². The molecule has 0 bridgehead atoms. The number of para-hydroxylation sites is 1. The molecule has 14 atom stereocenters. The van der Waals surface area contributed by atoms with Crippen molar-refractivity contribution in [1.82, 2.24) is 58.2 Å². The number of carbonyl (C=O) groups is 10. The van der Waals surface area contributed by atoms with E-state index in [4.69, 9.17) is 16.2 Å². The van der Waals surface area contributed by atoms with E-state index in [1.807, 2.05) is 0 Å². The number of aromatic nitrogens is 1. The van der Waals surface area contributed by atoms with Gasteiger partial charge in [-0.05, 0) is 80.5 Å². The van der Waals surface area contributed by atoms with E-state index in [1.54, 1.807) is 60.8 Å². The number of aliphatic hydroxyl groups excluding tert-OH is 5. The summed E-state index contributed by atoms with van der Waals surface area (Å²) in [6.07, 6.45) is 0.984. The molecular weight excluding hydrogens is 1350 g/mol. The summed E-state index contributed by atoms with van der Waals surface area (Å²) in [5.74, 6) is -8.82. The molecule has 30 nitrogen and oxygen atoms in total. The maximum Gasteiger partial charge on any atom is 0.247 e. The molecule has 101 heavy (non-hydrogen) atoms. The molecule has 21 N–H and O–H groups in total. The number of nitrogens with one attached hydrogen (secondary N) is 11. The van der Waals surface area contributed by atoms with Gasteiger partial charge in [0, 0.05) is 48.9 Å². The number of unbranched alkanes of at least 4 members (excludes halogenated alkanes) is 10. The molecule has 10 amide bonds. The summed E-state index contributed by atoms with van der Waals surface area (Å²) in [5, 5.41) is 90.4. The predicted molar refractivity (Wildman–Crippen MR) is 381 cm³/mol. The first-order chi connectivity index (χ1) is 48.3. The third kappa shape index (κ3) is 28.8. The lowest BCUT2D eigenvalue weighted by Gasteiger charge is -2.39. The Balaban J connectivity index is 1.51. The van der Waals surface area contributed by atoms with Crippen molar-refractivity contribution in [1.29, 1.82) is 0 Å². The smallest absolute Gasteiger partial charge is 0.247 e. The van der Waals surface area contributed by atoms with Gasteiger partial charge in [-0.2, -0.15) is 0 Å². The lowest BCUT2D eigenvalue weighted by Crippen LogP contribution is -2.64. The number of nitrogens with two attached hydrogens (primary N) is 2. The Hall–Kier alpha value is -7.92. The van der Waals surface area contributed by atoms with Gasteiger partial charge in [-0.3, -0.25) is 53.3 Å². The van der Waals surface area contributed by atoms with Crippen molar-refractivity contribution in [3.05, 3.63) is 102 Å². The second kappa shape index (κ2) is 44.5. The minimum absolute atomic E-state index is 0.00394. The fraction of sp³-hybridized carbons (Fsp3) is 0.565. The molecule has 0 aliphatic carbocycles. The molecule has 7 unspecified atom stereocenters. The topological polar surface area (TPSA) is 489 Å². The zero-order valence-electron chi connectivity index (χ0n) is 57.7. The largest absolute Gasteiger partial charge is 0.508 e. The van der Waals surface area contributed by atoms with E-state index < -0.39 is 138 Å². The molecule has 1 saturated heterocycles. The zero-order chi connectivity index (χ0) is 74.0. The molecule has 32 heteroatoms.